The van der Waals surface area contributed by atoms with E-state index in [4.69, 9.17) is 4.74 Å². The van der Waals surface area contributed by atoms with Crippen molar-refractivity contribution in [3.8, 4) is 0 Å². The predicted octanol–water partition coefficient (Wildman–Crippen LogP) is 2.69. The third kappa shape index (κ3) is 4.71. The number of hydrogen-bond donors (Lipinski definition) is 1. The first-order valence-corrected chi connectivity index (χ1v) is 9.19. The summed E-state index contributed by atoms with van der Waals surface area (Å²) < 4.78 is 6.36. The van der Waals surface area contributed by atoms with Crippen LogP contribution in [-0.2, 0) is 14.3 Å². The highest BCUT2D eigenvalue weighted by Crippen LogP contribution is 2.41. The highest BCUT2D eigenvalue weighted by molar-refractivity contribution is 5.89. The minimum absolute atomic E-state index is 0.0142. The van der Waals surface area contributed by atoms with Gasteiger partial charge in [-0.05, 0) is 37.0 Å². The van der Waals surface area contributed by atoms with Crippen LogP contribution in [0.5, 0.6) is 0 Å². The second-order valence-corrected chi connectivity index (χ2v) is 8.07. The Bertz CT molecular complexity index is 452. The van der Waals surface area contributed by atoms with Crippen LogP contribution in [0.1, 0.15) is 54.4 Å². The van der Waals surface area contributed by atoms with Crippen LogP contribution in [0.2, 0.25) is 0 Å². The van der Waals surface area contributed by atoms with E-state index in [-0.39, 0.29) is 24.5 Å². The molecule has 1 fully saturated rings. The lowest BCUT2D eigenvalue weighted by Crippen LogP contribution is -2.57. The van der Waals surface area contributed by atoms with E-state index >= 15 is 0 Å². The standard InChI is InChI=1S/C19H36N2O3/c1-9-12(2)14(4)17-15(5)13(3)10-19(6,24-17)18(23)20-11-16(22)21(7)8/h12-15,17H,9-11H2,1-8H3,(H,20,23)/t12-,13?,14-,15?,17?,19?/m1/s1. The van der Waals surface area contributed by atoms with Gasteiger partial charge in [0.05, 0.1) is 12.6 Å². The molecular weight excluding hydrogens is 304 g/mol. The quantitative estimate of drug-likeness (QED) is 0.809. The fourth-order valence-corrected chi connectivity index (χ4v) is 3.51. The van der Waals surface area contributed by atoms with Crippen molar-refractivity contribution in [3.63, 3.8) is 0 Å². The lowest BCUT2D eigenvalue weighted by molar-refractivity contribution is -0.192. The van der Waals surface area contributed by atoms with Crippen LogP contribution in [0.3, 0.4) is 0 Å². The van der Waals surface area contributed by atoms with E-state index in [1.807, 2.05) is 6.92 Å². The molecule has 0 bridgehead atoms. The molecule has 0 aliphatic carbocycles. The van der Waals surface area contributed by atoms with Gasteiger partial charge in [-0.15, -0.1) is 0 Å². The lowest BCUT2D eigenvalue weighted by atomic mass is 9.72. The van der Waals surface area contributed by atoms with Crippen molar-refractivity contribution in [1.82, 2.24) is 10.2 Å². The van der Waals surface area contributed by atoms with Crippen LogP contribution in [-0.4, -0.2) is 49.1 Å². The molecule has 0 aromatic carbocycles. The summed E-state index contributed by atoms with van der Waals surface area (Å²) in [5, 5.41) is 2.76. The van der Waals surface area contributed by atoms with Crippen molar-refractivity contribution < 1.29 is 14.3 Å². The molecule has 1 heterocycles. The summed E-state index contributed by atoms with van der Waals surface area (Å²) in [4.78, 5) is 25.9. The van der Waals surface area contributed by atoms with E-state index < -0.39 is 5.60 Å². The molecular formula is C19H36N2O3. The molecule has 1 rings (SSSR count). The summed E-state index contributed by atoms with van der Waals surface area (Å²) in [6, 6.07) is 0. The van der Waals surface area contributed by atoms with Crippen molar-refractivity contribution in [2.45, 2.75) is 66.1 Å². The third-order valence-corrected chi connectivity index (χ3v) is 5.96. The maximum Gasteiger partial charge on any atom is 0.252 e. The number of amides is 2. The summed E-state index contributed by atoms with van der Waals surface area (Å²) in [7, 11) is 3.36. The topological polar surface area (TPSA) is 58.6 Å². The molecule has 0 radical (unpaired) electrons. The monoisotopic (exact) mass is 340 g/mol. The Kier molecular flexibility index (Phi) is 7.26. The Morgan fingerprint density at radius 1 is 1.29 bits per heavy atom. The lowest BCUT2D eigenvalue weighted by Gasteiger charge is -2.47. The average molecular weight is 341 g/mol. The maximum absolute atomic E-state index is 12.7. The van der Waals surface area contributed by atoms with Gasteiger partial charge in [0.25, 0.3) is 5.91 Å². The molecule has 2 amide bonds. The number of likely N-dealkylation sites (N-methyl/N-ethyl adjacent to an activating group) is 1. The van der Waals surface area contributed by atoms with Gasteiger partial charge < -0.3 is 15.0 Å². The van der Waals surface area contributed by atoms with Gasteiger partial charge in [-0.2, -0.15) is 0 Å². The summed E-state index contributed by atoms with van der Waals surface area (Å²) in [6.45, 7) is 13.0. The highest BCUT2D eigenvalue weighted by atomic mass is 16.5. The molecule has 6 atom stereocenters. The molecule has 0 spiro atoms. The van der Waals surface area contributed by atoms with Gasteiger partial charge in [0.2, 0.25) is 5.91 Å². The molecule has 0 saturated carbocycles. The third-order valence-electron chi connectivity index (χ3n) is 5.96. The number of carbonyl (C=O) groups excluding carboxylic acids is 2. The van der Waals surface area contributed by atoms with E-state index in [0.717, 1.165) is 6.42 Å². The zero-order valence-electron chi connectivity index (χ0n) is 16.7. The van der Waals surface area contributed by atoms with Crippen molar-refractivity contribution in [3.05, 3.63) is 0 Å². The van der Waals surface area contributed by atoms with Gasteiger partial charge in [-0.25, -0.2) is 0 Å². The second kappa shape index (κ2) is 8.32. The SMILES string of the molecule is CC[C@@H](C)[C@@H](C)C1OC(C)(C(=O)NCC(=O)N(C)C)CC(C)C1C. The number of nitrogens with one attached hydrogen (secondary N) is 1. The minimum Gasteiger partial charge on any atom is -0.362 e. The molecule has 1 aliphatic heterocycles. The van der Waals surface area contributed by atoms with Gasteiger partial charge >= 0.3 is 0 Å². The van der Waals surface area contributed by atoms with E-state index in [1.165, 1.54) is 4.90 Å². The normalized spacial score (nSPS) is 32.8. The number of nitrogens with zero attached hydrogens (tertiary/aromatic N) is 1. The number of hydrogen-bond acceptors (Lipinski definition) is 3. The van der Waals surface area contributed by atoms with E-state index in [2.05, 4.69) is 39.9 Å². The number of rotatable bonds is 6. The van der Waals surface area contributed by atoms with Crippen LogP contribution in [0, 0.1) is 23.7 Å². The first-order chi connectivity index (χ1) is 11.0. The van der Waals surface area contributed by atoms with Gasteiger partial charge in [-0.3, -0.25) is 9.59 Å². The summed E-state index contributed by atoms with van der Waals surface area (Å²) in [5.41, 5.74) is -0.870. The van der Waals surface area contributed by atoms with Gasteiger partial charge in [0.1, 0.15) is 5.60 Å². The molecule has 5 nitrogen and oxygen atoms in total. The van der Waals surface area contributed by atoms with Crippen LogP contribution in [0.25, 0.3) is 0 Å². The molecule has 1 N–H and O–H groups in total. The molecule has 5 heteroatoms. The zero-order chi connectivity index (χ0) is 18.7. The van der Waals surface area contributed by atoms with E-state index in [0.29, 0.717) is 30.1 Å². The van der Waals surface area contributed by atoms with Gasteiger partial charge in [0, 0.05) is 14.1 Å². The highest BCUT2D eigenvalue weighted by Gasteiger charge is 2.47. The van der Waals surface area contributed by atoms with Crippen molar-refractivity contribution in [2.75, 3.05) is 20.6 Å². The van der Waals surface area contributed by atoms with Crippen molar-refractivity contribution in [2.24, 2.45) is 23.7 Å². The van der Waals surface area contributed by atoms with Crippen LogP contribution in [0.15, 0.2) is 0 Å². The van der Waals surface area contributed by atoms with Crippen LogP contribution >= 0.6 is 0 Å². The average Bonchev–Trinajstić information content (AvgIpc) is 2.53. The molecule has 0 aromatic rings. The van der Waals surface area contributed by atoms with Crippen LogP contribution in [0.4, 0.5) is 0 Å². The Labute approximate surface area is 147 Å². The summed E-state index contributed by atoms with van der Waals surface area (Å²) >= 11 is 0. The Balaban J connectivity index is 2.85. The molecule has 1 aliphatic rings. The second-order valence-electron chi connectivity index (χ2n) is 8.07. The molecule has 4 unspecified atom stereocenters. The maximum atomic E-state index is 12.7. The molecule has 1 saturated heterocycles. The Hall–Kier alpha value is -1.10. The van der Waals surface area contributed by atoms with E-state index in [9.17, 15) is 9.59 Å². The zero-order valence-corrected chi connectivity index (χ0v) is 16.7. The summed E-state index contributed by atoms with van der Waals surface area (Å²) in [5.74, 6) is 1.45. The van der Waals surface area contributed by atoms with Crippen molar-refractivity contribution in [1.29, 1.82) is 0 Å². The summed E-state index contributed by atoms with van der Waals surface area (Å²) in [6.07, 6.45) is 1.84. The number of ether oxygens (including phenoxy) is 1. The molecule has 0 aromatic heterocycles. The fraction of sp³-hybridized carbons (Fsp3) is 0.895. The van der Waals surface area contributed by atoms with Crippen molar-refractivity contribution >= 4 is 11.8 Å². The molecule has 24 heavy (non-hydrogen) atoms. The largest absolute Gasteiger partial charge is 0.362 e. The fourth-order valence-electron chi connectivity index (χ4n) is 3.51. The Morgan fingerprint density at radius 3 is 2.38 bits per heavy atom. The first-order valence-electron chi connectivity index (χ1n) is 9.19. The van der Waals surface area contributed by atoms with E-state index in [1.54, 1.807) is 14.1 Å². The molecule has 140 valence electrons. The Morgan fingerprint density at radius 2 is 1.88 bits per heavy atom. The van der Waals surface area contributed by atoms with Crippen LogP contribution < -0.4 is 5.32 Å². The first kappa shape index (κ1) is 20.9. The predicted molar refractivity (Wildman–Crippen MR) is 96.5 cm³/mol. The smallest absolute Gasteiger partial charge is 0.252 e. The van der Waals surface area contributed by atoms with Gasteiger partial charge in [-0.1, -0.05) is 41.0 Å². The minimum atomic E-state index is -0.870. The van der Waals surface area contributed by atoms with Gasteiger partial charge in [0.15, 0.2) is 0 Å². The number of carbonyl (C=O) groups is 2.